The highest BCUT2D eigenvalue weighted by Crippen LogP contribution is 2.19. The molecule has 1 aliphatic rings. The summed E-state index contributed by atoms with van der Waals surface area (Å²) in [6, 6.07) is 6.39. The molecule has 1 fully saturated rings. The summed E-state index contributed by atoms with van der Waals surface area (Å²) in [6.45, 7) is 2.36. The molecule has 1 aliphatic heterocycles. The molecule has 1 aromatic carbocycles. The molecule has 0 atom stereocenters. The lowest BCUT2D eigenvalue weighted by molar-refractivity contribution is 0.0631. The third-order valence-corrected chi connectivity index (χ3v) is 4.47. The highest BCUT2D eigenvalue weighted by Gasteiger charge is 2.13. The van der Waals surface area contributed by atoms with Gasteiger partial charge in [0.05, 0.1) is 6.26 Å². The summed E-state index contributed by atoms with van der Waals surface area (Å²) < 4.78 is 29.9. The van der Waals surface area contributed by atoms with E-state index in [4.69, 9.17) is 4.74 Å². The first kappa shape index (κ1) is 17.7. The molecule has 7 heteroatoms. The maximum Gasteiger partial charge on any atom is 0.251 e. The van der Waals surface area contributed by atoms with Crippen LogP contribution in [0.2, 0.25) is 0 Å². The second-order valence-corrected chi connectivity index (χ2v) is 7.65. The number of benzene rings is 1. The zero-order valence-corrected chi connectivity index (χ0v) is 14.2. The molecule has 1 aromatic rings. The number of sulfonamides is 1. The van der Waals surface area contributed by atoms with Gasteiger partial charge in [-0.05, 0) is 55.9 Å². The van der Waals surface area contributed by atoms with Gasteiger partial charge in [-0.2, -0.15) is 0 Å². The van der Waals surface area contributed by atoms with Gasteiger partial charge in [0.15, 0.2) is 0 Å². The minimum absolute atomic E-state index is 0.136. The fourth-order valence-corrected chi connectivity index (χ4v) is 3.20. The van der Waals surface area contributed by atoms with Gasteiger partial charge in [0, 0.05) is 31.0 Å². The summed E-state index contributed by atoms with van der Waals surface area (Å²) in [7, 11) is -3.30. The second kappa shape index (κ2) is 8.31. The zero-order valence-electron chi connectivity index (χ0n) is 13.4. The molecule has 1 saturated heterocycles. The van der Waals surface area contributed by atoms with E-state index in [1.165, 1.54) is 0 Å². The van der Waals surface area contributed by atoms with Crippen LogP contribution in [0.15, 0.2) is 24.3 Å². The lowest BCUT2D eigenvalue weighted by Crippen LogP contribution is -2.25. The molecule has 0 saturated carbocycles. The maximum absolute atomic E-state index is 12.0. The molecule has 0 aromatic heterocycles. The van der Waals surface area contributed by atoms with Crippen LogP contribution in [-0.4, -0.2) is 40.3 Å². The molecule has 0 aliphatic carbocycles. The van der Waals surface area contributed by atoms with E-state index in [2.05, 4.69) is 10.0 Å². The molecular weight excluding hydrogens is 316 g/mol. The SMILES string of the molecule is CS(=O)(=O)Nc1ccc(C(=O)NCCCC2CCOCC2)cc1. The molecule has 0 unspecified atom stereocenters. The Kier molecular flexibility index (Phi) is 6.41. The molecule has 2 N–H and O–H groups in total. The van der Waals surface area contributed by atoms with Crippen LogP contribution < -0.4 is 10.0 Å². The number of nitrogens with one attached hydrogen (secondary N) is 2. The van der Waals surface area contributed by atoms with E-state index in [0.717, 1.165) is 45.2 Å². The smallest absolute Gasteiger partial charge is 0.251 e. The van der Waals surface area contributed by atoms with Crippen LogP contribution in [0.3, 0.4) is 0 Å². The van der Waals surface area contributed by atoms with Gasteiger partial charge in [-0.1, -0.05) is 0 Å². The van der Waals surface area contributed by atoms with Crippen molar-refractivity contribution in [1.29, 1.82) is 0 Å². The molecule has 0 spiro atoms. The minimum Gasteiger partial charge on any atom is -0.381 e. The van der Waals surface area contributed by atoms with Crippen LogP contribution in [0.5, 0.6) is 0 Å². The Hall–Kier alpha value is -1.60. The van der Waals surface area contributed by atoms with Crippen molar-refractivity contribution >= 4 is 21.6 Å². The van der Waals surface area contributed by atoms with Gasteiger partial charge < -0.3 is 10.1 Å². The predicted molar refractivity (Wildman–Crippen MR) is 90.0 cm³/mol. The Morgan fingerprint density at radius 1 is 1.22 bits per heavy atom. The third kappa shape index (κ3) is 6.58. The Morgan fingerprint density at radius 2 is 1.87 bits per heavy atom. The predicted octanol–water partition coefficient (Wildman–Crippen LogP) is 1.99. The summed E-state index contributed by atoms with van der Waals surface area (Å²) in [5, 5.41) is 2.90. The number of ether oxygens (including phenoxy) is 1. The van der Waals surface area contributed by atoms with Gasteiger partial charge in [-0.15, -0.1) is 0 Å². The van der Waals surface area contributed by atoms with Gasteiger partial charge in [0.25, 0.3) is 5.91 Å². The van der Waals surface area contributed by atoms with Crippen molar-refractivity contribution in [2.45, 2.75) is 25.7 Å². The molecule has 2 rings (SSSR count). The summed E-state index contributed by atoms with van der Waals surface area (Å²) in [5.41, 5.74) is 0.971. The van der Waals surface area contributed by atoms with Crippen LogP contribution in [0.25, 0.3) is 0 Å². The first-order chi connectivity index (χ1) is 10.9. The number of rotatable bonds is 7. The Morgan fingerprint density at radius 3 is 2.48 bits per heavy atom. The molecule has 128 valence electrons. The fraction of sp³-hybridized carbons (Fsp3) is 0.562. The first-order valence-corrected chi connectivity index (χ1v) is 9.77. The summed E-state index contributed by atoms with van der Waals surface area (Å²) in [6.07, 6.45) is 5.39. The van der Waals surface area contributed by atoms with E-state index in [1.54, 1.807) is 24.3 Å². The van der Waals surface area contributed by atoms with E-state index < -0.39 is 10.0 Å². The number of carbonyl (C=O) groups excluding carboxylic acids is 1. The van der Waals surface area contributed by atoms with Crippen molar-refractivity contribution in [3.8, 4) is 0 Å². The van der Waals surface area contributed by atoms with Gasteiger partial charge in [-0.25, -0.2) is 8.42 Å². The van der Waals surface area contributed by atoms with Crippen molar-refractivity contribution in [3.05, 3.63) is 29.8 Å². The van der Waals surface area contributed by atoms with Crippen LogP contribution in [-0.2, 0) is 14.8 Å². The Bertz CT molecular complexity index is 607. The molecule has 6 nitrogen and oxygen atoms in total. The molecule has 1 amide bonds. The van der Waals surface area contributed by atoms with E-state index >= 15 is 0 Å². The Labute approximate surface area is 137 Å². The zero-order chi connectivity index (χ0) is 16.7. The van der Waals surface area contributed by atoms with Crippen LogP contribution in [0, 0.1) is 5.92 Å². The summed E-state index contributed by atoms with van der Waals surface area (Å²) in [5.74, 6) is 0.574. The minimum atomic E-state index is -3.30. The summed E-state index contributed by atoms with van der Waals surface area (Å²) in [4.78, 5) is 12.0. The normalized spacial score (nSPS) is 16.0. The van der Waals surface area contributed by atoms with Gasteiger partial charge in [0.1, 0.15) is 0 Å². The average molecular weight is 340 g/mol. The van der Waals surface area contributed by atoms with Crippen LogP contribution in [0.1, 0.15) is 36.0 Å². The van der Waals surface area contributed by atoms with Crippen molar-refractivity contribution in [2.75, 3.05) is 30.7 Å². The first-order valence-electron chi connectivity index (χ1n) is 7.88. The van der Waals surface area contributed by atoms with E-state index in [-0.39, 0.29) is 5.91 Å². The van der Waals surface area contributed by atoms with Gasteiger partial charge in [0.2, 0.25) is 10.0 Å². The lowest BCUT2D eigenvalue weighted by Gasteiger charge is -2.21. The quantitative estimate of drug-likeness (QED) is 0.744. The molecule has 0 bridgehead atoms. The van der Waals surface area contributed by atoms with E-state index in [1.807, 2.05) is 0 Å². The van der Waals surface area contributed by atoms with Crippen molar-refractivity contribution in [3.63, 3.8) is 0 Å². The molecule has 1 heterocycles. The van der Waals surface area contributed by atoms with E-state index in [9.17, 15) is 13.2 Å². The highest BCUT2D eigenvalue weighted by atomic mass is 32.2. The van der Waals surface area contributed by atoms with E-state index in [0.29, 0.717) is 23.7 Å². The number of amides is 1. The number of hydrogen-bond donors (Lipinski definition) is 2. The number of carbonyl (C=O) groups is 1. The fourth-order valence-electron chi connectivity index (χ4n) is 2.63. The van der Waals surface area contributed by atoms with Crippen molar-refractivity contribution in [1.82, 2.24) is 5.32 Å². The van der Waals surface area contributed by atoms with Crippen molar-refractivity contribution in [2.24, 2.45) is 5.92 Å². The largest absolute Gasteiger partial charge is 0.381 e. The lowest BCUT2D eigenvalue weighted by atomic mass is 9.95. The van der Waals surface area contributed by atoms with Gasteiger partial charge >= 0.3 is 0 Å². The summed E-state index contributed by atoms with van der Waals surface area (Å²) >= 11 is 0. The standard InChI is InChI=1S/C16H24N2O4S/c1-23(20,21)18-15-6-4-14(5-7-15)16(19)17-10-2-3-13-8-11-22-12-9-13/h4-7,13,18H,2-3,8-12H2,1H3,(H,17,19). The average Bonchev–Trinajstić information content (AvgIpc) is 2.51. The topological polar surface area (TPSA) is 84.5 Å². The third-order valence-electron chi connectivity index (χ3n) is 3.87. The number of anilines is 1. The monoisotopic (exact) mass is 340 g/mol. The molecule has 0 radical (unpaired) electrons. The maximum atomic E-state index is 12.0. The second-order valence-electron chi connectivity index (χ2n) is 5.91. The molecular formula is C16H24N2O4S. The van der Waals surface area contributed by atoms with Gasteiger partial charge in [-0.3, -0.25) is 9.52 Å². The molecule has 23 heavy (non-hydrogen) atoms. The Balaban J connectivity index is 1.72. The van der Waals surface area contributed by atoms with Crippen LogP contribution >= 0.6 is 0 Å². The highest BCUT2D eigenvalue weighted by molar-refractivity contribution is 7.92. The van der Waals surface area contributed by atoms with Crippen molar-refractivity contribution < 1.29 is 17.9 Å². The van der Waals surface area contributed by atoms with Crippen LogP contribution in [0.4, 0.5) is 5.69 Å². The number of hydrogen-bond acceptors (Lipinski definition) is 4.